The molecule has 2 aromatic rings. The molecule has 2 nitrogen and oxygen atoms in total. The topological polar surface area (TPSA) is 24.9 Å². The summed E-state index contributed by atoms with van der Waals surface area (Å²) in [7, 11) is 0. The molecule has 0 saturated heterocycles. The number of hydrogen-bond donors (Lipinski definition) is 1. The zero-order valence-corrected chi connectivity index (χ0v) is 11.4. The highest BCUT2D eigenvalue weighted by atomic mass is 35.5. The minimum Gasteiger partial charge on any atom is -0.384 e. The summed E-state index contributed by atoms with van der Waals surface area (Å²) < 4.78 is 0. The molecule has 0 radical (unpaired) electrons. The lowest BCUT2D eigenvalue weighted by Crippen LogP contribution is -2.16. The van der Waals surface area contributed by atoms with Gasteiger partial charge < -0.3 is 5.32 Å². The number of rotatable bonds is 4. The number of fused-ring (bicyclic) bond motifs is 1. The summed E-state index contributed by atoms with van der Waals surface area (Å²) in [5, 5.41) is 5.31. The minimum atomic E-state index is 0.309. The molecule has 0 amide bonds. The Bertz CT molecular complexity index is 579. The van der Waals surface area contributed by atoms with Crippen molar-refractivity contribution in [3.05, 3.63) is 35.5 Å². The molecule has 18 heavy (non-hydrogen) atoms. The maximum atomic E-state index is 5.99. The van der Waals surface area contributed by atoms with Crippen molar-refractivity contribution in [1.29, 1.82) is 0 Å². The van der Waals surface area contributed by atoms with Crippen LogP contribution < -0.4 is 5.32 Å². The van der Waals surface area contributed by atoms with Gasteiger partial charge in [0, 0.05) is 40.1 Å². The van der Waals surface area contributed by atoms with Crippen molar-refractivity contribution in [3.8, 4) is 0 Å². The molecule has 0 aliphatic heterocycles. The van der Waals surface area contributed by atoms with E-state index in [9.17, 15) is 0 Å². The Morgan fingerprint density at radius 2 is 2.11 bits per heavy atom. The van der Waals surface area contributed by atoms with E-state index < -0.39 is 0 Å². The number of anilines is 1. The fraction of sp³-hybridized carbons (Fsp3) is 0.357. The molecule has 0 spiro atoms. The van der Waals surface area contributed by atoms with Crippen LogP contribution in [-0.2, 0) is 0 Å². The number of halogens is 2. The maximum absolute atomic E-state index is 5.99. The van der Waals surface area contributed by atoms with E-state index >= 15 is 0 Å². The molecule has 0 atom stereocenters. The number of hydrogen-bond acceptors (Lipinski definition) is 2. The second-order valence-corrected chi connectivity index (χ2v) is 5.71. The fourth-order valence-corrected chi connectivity index (χ4v) is 2.62. The molecule has 1 aliphatic carbocycles. The van der Waals surface area contributed by atoms with Crippen LogP contribution in [0.1, 0.15) is 12.8 Å². The van der Waals surface area contributed by atoms with Gasteiger partial charge in [-0.15, -0.1) is 11.6 Å². The van der Waals surface area contributed by atoms with E-state index in [1.807, 2.05) is 24.3 Å². The van der Waals surface area contributed by atoms with Crippen LogP contribution in [0.15, 0.2) is 30.5 Å². The first-order valence-corrected chi connectivity index (χ1v) is 6.98. The molecule has 4 heteroatoms. The van der Waals surface area contributed by atoms with E-state index in [2.05, 4.69) is 10.3 Å². The van der Waals surface area contributed by atoms with Gasteiger partial charge in [-0.2, -0.15) is 0 Å². The Morgan fingerprint density at radius 3 is 2.83 bits per heavy atom. The second kappa shape index (κ2) is 4.60. The fourth-order valence-electron chi connectivity index (χ4n) is 2.09. The van der Waals surface area contributed by atoms with Gasteiger partial charge in [-0.1, -0.05) is 11.6 Å². The SMILES string of the molecule is ClCC1(CNc2ccnc3cc(Cl)ccc23)CC1. The Labute approximate surface area is 116 Å². The van der Waals surface area contributed by atoms with E-state index in [0.717, 1.165) is 29.0 Å². The lowest BCUT2D eigenvalue weighted by atomic mass is 10.1. The van der Waals surface area contributed by atoms with Crippen molar-refractivity contribution in [3.63, 3.8) is 0 Å². The molecule has 1 aliphatic rings. The first-order valence-electron chi connectivity index (χ1n) is 6.07. The first kappa shape index (κ1) is 12.1. The summed E-state index contributed by atoms with van der Waals surface area (Å²) in [5.41, 5.74) is 2.33. The molecule has 1 aromatic carbocycles. The van der Waals surface area contributed by atoms with Gasteiger partial charge in [0.1, 0.15) is 0 Å². The predicted molar refractivity (Wildman–Crippen MR) is 77.6 cm³/mol. The van der Waals surface area contributed by atoms with Crippen LogP contribution in [0.5, 0.6) is 0 Å². The summed E-state index contributed by atoms with van der Waals surface area (Å²) in [4.78, 5) is 4.33. The normalized spacial score (nSPS) is 16.8. The monoisotopic (exact) mass is 280 g/mol. The molecule has 0 bridgehead atoms. The Kier molecular flexibility index (Phi) is 3.08. The molecule has 3 rings (SSSR count). The predicted octanol–water partition coefficient (Wildman–Crippen LogP) is 4.32. The van der Waals surface area contributed by atoms with Crippen LogP contribution in [0.3, 0.4) is 0 Å². The van der Waals surface area contributed by atoms with Gasteiger partial charge in [-0.3, -0.25) is 4.98 Å². The summed E-state index contributed by atoms with van der Waals surface area (Å²) in [6.07, 6.45) is 4.25. The third-order valence-corrected chi connectivity index (χ3v) is 4.40. The third kappa shape index (κ3) is 2.27. The molecule has 0 unspecified atom stereocenters. The van der Waals surface area contributed by atoms with E-state index in [4.69, 9.17) is 23.2 Å². The van der Waals surface area contributed by atoms with Gasteiger partial charge in [0.25, 0.3) is 0 Å². The van der Waals surface area contributed by atoms with Crippen LogP contribution in [0.2, 0.25) is 5.02 Å². The summed E-state index contributed by atoms with van der Waals surface area (Å²) in [6, 6.07) is 7.79. The number of aromatic nitrogens is 1. The molecule has 1 aromatic heterocycles. The zero-order valence-electron chi connectivity index (χ0n) is 9.92. The lowest BCUT2D eigenvalue weighted by molar-refractivity contribution is 0.619. The number of alkyl halides is 1. The van der Waals surface area contributed by atoms with Gasteiger partial charge in [-0.25, -0.2) is 0 Å². The largest absolute Gasteiger partial charge is 0.384 e. The van der Waals surface area contributed by atoms with Crippen LogP contribution in [0, 0.1) is 5.41 Å². The number of benzene rings is 1. The number of pyridine rings is 1. The van der Waals surface area contributed by atoms with Crippen molar-refractivity contribution in [2.45, 2.75) is 12.8 Å². The molecule has 94 valence electrons. The van der Waals surface area contributed by atoms with Crippen molar-refractivity contribution in [1.82, 2.24) is 4.98 Å². The van der Waals surface area contributed by atoms with E-state index in [0.29, 0.717) is 10.4 Å². The highest BCUT2D eigenvalue weighted by Gasteiger charge is 2.41. The standard InChI is InChI=1S/C14H14Cl2N2/c15-8-14(4-5-14)9-18-12-3-6-17-13-7-10(16)1-2-11(12)13/h1-3,6-7H,4-5,8-9H2,(H,17,18). The van der Waals surface area contributed by atoms with Crippen LogP contribution in [0.25, 0.3) is 10.9 Å². The van der Waals surface area contributed by atoms with Crippen molar-refractivity contribution < 1.29 is 0 Å². The summed E-state index contributed by atoms with van der Waals surface area (Å²) in [6.45, 7) is 0.929. The van der Waals surface area contributed by atoms with Gasteiger partial charge in [0.15, 0.2) is 0 Å². The lowest BCUT2D eigenvalue weighted by Gasteiger charge is -2.15. The maximum Gasteiger partial charge on any atom is 0.0737 e. The second-order valence-electron chi connectivity index (χ2n) is 5.01. The average Bonchev–Trinajstić information content (AvgIpc) is 3.16. The first-order chi connectivity index (χ1) is 8.72. The molecular formula is C14H14Cl2N2. The Morgan fingerprint density at radius 1 is 1.28 bits per heavy atom. The minimum absolute atomic E-state index is 0.309. The Balaban J connectivity index is 1.87. The molecule has 1 N–H and O–H groups in total. The van der Waals surface area contributed by atoms with E-state index in [1.54, 1.807) is 6.20 Å². The molecular weight excluding hydrogens is 267 g/mol. The molecule has 1 saturated carbocycles. The van der Waals surface area contributed by atoms with Gasteiger partial charge in [-0.05, 0) is 37.1 Å². The number of nitrogens with one attached hydrogen (secondary N) is 1. The quantitative estimate of drug-likeness (QED) is 0.844. The van der Waals surface area contributed by atoms with E-state index in [-0.39, 0.29) is 0 Å². The van der Waals surface area contributed by atoms with Crippen molar-refractivity contribution in [2.24, 2.45) is 5.41 Å². The molecule has 1 heterocycles. The van der Waals surface area contributed by atoms with Crippen LogP contribution >= 0.6 is 23.2 Å². The van der Waals surface area contributed by atoms with Crippen molar-refractivity contribution >= 4 is 39.8 Å². The zero-order chi connectivity index (χ0) is 12.6. The molecule has 1 fully saturated rings. The highest BCUT2D eigenvalue weighted by Crippen LogP contribution is 2.46. The van der Waals surface area contributed by atoms with Gasteiger partial charge >= 0.3 is 0 Å². The van der Waals surface area contributed by atoms with Crippen molar-refractivity contribution in [2.75, 3.05) is 17.7 Å². The third-order valence-electron chi connectivity index (χ3n) is 3.60. The van der Waals surface area contributed by atoms with Crippen LogP contribution in [0.4, 0.5) is 5.69 Å². The van der Waals surface area contributed by atoms with Gasteiger partial charge in [0.2, 0.25) is 0 Å². The van der Waals surface area contributed by atoms with Gasteiger partial charge in [0.05, 0.1) is 5.52 Å². The summed E-state index contributed by atoms with van der Waals surface area (Å²) in [5.74, 6) is 0.731. The number of nitrogens with zero attached hydrogens (tertiary/aromatic N) is 1. The Hall–Kier alpha value is -0.990. The summed E-state index contributed by atoms with van der Waals surface area (Å²) >= 11 is 12.0. The average molecular weight is 281 g/mol. The smallest absolute Gasteiger partial charge is 0.0737 e. The van der Waals surface area contributed by atoms with E-state index in [1.165, 1.54) is 12.8 Å². The highest BCUT2D eigenvalue weighted by molar-refractivity contribution is 6.31. The van der Waals surface area contributed by atoms with Crippen LogP contribution in [-0.4, -0.2) is 17.4 Å².